The fourth-order valence-electron chi connectivity index (χ4n) is 2.06. The molecule has 1 unspecified atom stereocenters. The summed E-state index contributed by atoms with van der Waals surface area (Å²) in [5, 5.41) is 6.79. The summed E-state index contributed by atoms with van der Waals surface area (Å²) < 4.78 is 5.57. The Hall–Kier alpha value is -1.36. The molecule has 1 aliphatic rings. The van der Waals surface area contributed by atoms with Crippen molar-refractivity contribution in [3.63, 3.8) is 0 Å². The molecule has 100 valence electrons. The molecule has 0 aliphatic carbocycles. The summed E-state index contributed by atoms with van der Waals surface area (Å²) in [6.45, 7) is 6.15. The average Bonchev–Trinajstić information content (AvgIpc) is 2.57. The second-order valence-electron chi connectivity index (χ2n) is 4.91. The highest BCUT2D eigenvalue weighted by molar-refractivity contribution is 5.29. The van der Waals surface area contributed by atoms with Gasteiger partial charge in [0, 0.05) is 18.3 Å². The number of anilines is 1. The molecule has 2 heterocycles. The van der Waals surface area contributed by atoms with Crippen LogP contribution in [-0.2, 0) is 0 Å². The Balaban J connectivity index is 1.95. The second kappa shape index (κ2) is 6.54. The highest BCUT2D eigenvalue weighted by Crippen LogP contribution is 2.14. The first-order valence-corrected chi connectivity index (χ1v) is 6.71. The fraction of sp³-hybridized carbons (Fsp3) is 0.692. The highest BCUT2D eigenvalue weighted by Gasteiger charge is 2.13. The second-order valence-corrected chi connectivity index (χ2v) is 4.91. The third-order valence-corrected chi connectivity index (χ3v) is 2.90. The minimum atomic E-state index is 0.134. The van der Waals surface area contributed by atoms with Crippen LogP contribution < -0.4 is 15.4 Å². The van der Waals surface area contributed by atoms with E-state index >= 15 is 0 Å². The van der Waals surface area contributed by atoms with Crippen molar-refractivity contribution >= 4 is 5.95 Å². The Morgan fingerprint density at radius 2 is 2.28 bits per heavy atom. The van der Waals surface area contributed by atoms with Crippen LogP contribution >= 0.6 is 0 Å². The van der Waals surface area contributed by atoms with Crippen LogP contribution in [0.15, 0.2) is 12.3 Å². The molecule has 5 nitrogen and oxygen atoms in total. The zero-order valence-electron chi connectivity index (χ0n) is 11.1. The largest absolute Gasteiger partial charge is 0.475 e. The van der Waals surface area contributed by atoms with Crippen LogP contribution in [0.25, 0.3) is 0 Å². The van der Waals surface area contributed by atoms with Gasteiger partial charge in [-0.3, -0.25) is 0 Å². The number of nitrogens with one attached hydrogen (secondary N) is 2. The number of rotatable bonds is 4. The van der Waals surface area contributed by atoms with Crippen molar-refractivity contribution in [3.05, 3.63) is 12.3 Å². The lowest BCUT2D eigenvalue weighted by Gasteiger charge is -2.16. The van der Waals surface area contributed by atoms with E-state index in [0.717, 1.165) is 25.9 Å². The molecule has 0 spiro atoms. The van der Waals surface area contributed by atoms with Crippen LogP contribution in [0.4, 0.5) is 5.95 Å². The molecule has 2 N–H and O–H groups in total. The van der Waals surface area contributed by atoms with E-state index in [-0.39, 0.29) is 6.10 Å². The lowest BCUT2D eigenvalue weighted by Crippen LogP contribution is -2.22. The van der Waals surface area contributed by atoms with Gasteiger partial charge in [-0.15, -0.1) is 0 Å². The van der Waals surface area contributed by atoms with Gasteiger partial charge in [0.15, 0.2) is 0 Å². The minimum absolute atomic E-state index is 0.134. The molecule has 18 heavy (non-hydrogen) atoms. The van der Waals surface area contributed by atoms with Crippen molar-refractivity contribution in [1.29, 1.82) is 0 Å². The summed E-state index contributed by atoms with van der Waals surface area (Å²) in [6.07, 6.45) is 5.33. The molecule has 0 aromatic carbocycles. The monoisotopic (exact) mass is 250 g/mol. The summed E-state index contributed by atoms with van der Waals surface area (Å²) in [6, 6.07) is 2.24. The molecule has 1 saturated heterocycles. The van der Waals surface area contributed by atoms with Crippen molar-refractivity contribution in [3.8, 4) is 5.88 Å². The third kappa shape index (κ3) is 4.14. The number of nitrogens with zero attached hydrogens (tertiary/aromatic N) is 2. The van der Waals surface area contributed by atoms with Crippen molar-refractivity contribution in [2.24, 2.45) is 0 Å². The van der Waals surface area contributed by atoms with Gasteiger partial charge in [0.25, 0.3) is 0 Å². The Bertz CT molecular complexity index is 362. The van der Waals surface area contributed by atoms with Crippen molar-refractivity contribution in [2.75, 3.05) is 18.4 Å². The summed E-state index contributed by atoms with van der Waals surface area (Å²) in [4.78, 5) is 8.62. The van der Waals surface area contributed by atoms with E-state index in [9.17, 15) is 0 Å². The molecule has 0 saturated carbocycles. The summed E-state index contributed by atoms with van der Waals surface area (Å²) in [7, 11) is 0. The van der Waals surface area contributed by atoms with E-state index in [0.29, 0.717) is 17.9 Å². The molecular weight excluding hydrogens is 228 g/mol. The van der Waals surface area contributed by atoms with Gasteiger partial charge in [0.2, 0.25) is 11.8 Å². The first kappa shape index (κ1) is 13.1. The van der Waals surface area contributed by atoms with Gasteiger partial charge in [-0.05, 0) is 46.2 Å². The van der Waals surface area contributed by atoms with E-state index in [4.69, 9.17) is 4.74 Å². The van der Waals surface area contributed by atoms with E-state index in [1.165, 1.54) is 6.42 Å². The first-order valence-electron chi connectivity index (χ1n) is 6.71. The van der Waals surface area contributed by atoms with E-state index in [1.54, 1.807) is 12.3 Å². The van der Waals surface area contributed by atoms with Gasteiger partial charge in [-0.1, -0.05) is 0 Å². The fourth-order valence-corrected chi connectivity index (χ4v) is 2.06. The maximum atomic E-state index is 5.57. The maximum absolute atomic E-state index is 5.57. The molecule has 1 atom stereocenters. The summed E-state index contributed by atoms with van der Waals surface area (Å²) >= 11 is 0. The lowest BCUT2D eigenvalue weighted by molar-refractivity contribution is 0.232. The van der Waals surface area contributed by atoms with Crippen molar-refractivity contribution in [2.45, 2.75) is 45.3 Å². The van der Waals surface area contributed by atoms with E-state index in [1.807, 2.05) is 13.8 Å². The highest BCUT2D eigenvalue weighted by atomic mass is 16.5. The molecule has 1 aromatic rings. The summed E-state index contributed by atoms with van der Waals surface area (Å²) in [5.74, 6) is 1.30. The van der Waals surface area contributed by atoms with Crippen molar-refractivity contribution < 1.29 is 4.74 Å². The van der Waals surface area contributed by atoms with E-state index < -0.39 is 0 Å². The van der Waals surface area contributed by atoms with Crippen LogP contribution in [0.2, 0.25) is 0 Å². The van der Waals surface area contributed by atoms with Crippen LogP contribution in [0.5, 0.6) is 5.88 Å². The SMILES string of the molecule is CC(C)Oc1ccnc(NC2CCCNCC2)n1. The molecule has 5 heteroatoms. The van der Waals surface area contributed by atoms with Gasteiger partial charge < -0.3 is 15.4 Å². The number of hydrogen-bond donors (Lipinski definition) is 2. The molecule has 1 aromatic heterocycles. The molecule has 1 aliphatic heterocycles. The molecule has 2 rings (SSSR count). The Kier molecular flexibility index (Phi) is 4.75. The Morgan fingerprint density at radius 1 is 1.39 bits per heavy atom. The molecule has 0 radical (unpaired) electrons. The van der Waals surface area contributed by atoms with E-state index in [2.05, 4.69) is 20.6 Å². The van der Waals surface area contributed by atoms with Gasteiger partial charge in [0.05, 0.1) is 6.10 Å². The molecule has 1 fully saturated rings. The number of hydrogen-bond acceptors (Lipinski definition) is 5. The molecule has 0 bridgehead atoms. The topological polar surface area (TPSA) is 59.1 Å². The maximum Gasteiger partial charge on any atom is 0.226 e. The third-order valence-electron chi connectivity index (χ3n) is 2.90. The first-order chi connectivity index (χ1) is 8.74. The van der Waals surface area contributed by atoms with Crippen LogP contribution in [0.1, 0.15) is 33.1 Å². The molecular formula is C13H22N4O. The quantitative estimate of drug-likeness (QED) is 0.853. The summed E-state index contributed by atoms with van der Waals surface area (Å²) in [5.41, 5.74) is 0. The molecule has 0 amide bonds. The minimum Gasteiger partial charge on any atom is -0.475 e. The van der Waals surface area contributed by atoms with Gasteiger partial charge in [-0.25, -0.2) is 4.98 Å². The Labute approximate surface area is 108 Å². The van der Waals surface area contributed by atoms with Gasteiger partial charge >= 0.3 is 0 Å². The van der Waals surface area contributed by atoms with Crippen LogP contribution in [0.3, 0.4) is 0 Å². The van der Waals surface area contributed by atoms with Crippen LogP contribution in [0, 0.1) is 0 Å². The number of aromatic nitrogens is 2. The zero-order valence-corrected chi connectivity index (χ0v) is 11.1. The predicted octanol–water partition coefficient (Wildman–Crippen LogP) is 1.82. The lowest BCUT2D eigenvalue weighted by atomic mass is 10.1. The normalized spacial score (nSPS) is 20.5. The number of ether oxygens (including phenoxy) is 1. The predicted molar refractivity (Wildman–Crippen MR) is 71.9 cm³/mol. The average molecular weight is 250 g/mol. The van der Waals surface area contributed by atoms with Crippen LogP contribution in [-0.4, -0.2) is 35.2 Å². The van der Waals surface area contributed by atoms with Gasteiger partial charge in [-0.2, -0.15) is 4.98 Å². The smallest absolute Gasteiger partial charge is 0.226 e. The Morgan fingerprint density at radius 3 is 3.11 bits per heavy atom. The van der Waals surface area contributed by atoms with Gasteiger partial charge in [0.1, 0.15) is 0 Å². The standard InChI is InChI=1S/C13H22N4O/c1-10(2)18-12-6-9-15-13(17-12)16-11-4-3-7-14-8-5-11/h6,9-11,14H,3-5,7-8H2,1-2H3,(H,15,16,17). The zero-order chi connectivity index (χ0) is 12.8. The van der Waals surface area contributed by atoms with Crippen molar-refractivity contribution in [1.82, 2.24) is 15.3 Å².